The van der Waals surface area contributed by atoms with Gasteiger partial charge in [-0.1, -0.05) is 40.0 Å². The predicted octanol–water partition coefficient (Wildman–Crippen LogP) is 4.32. The maximum atomic E-state index is 11.1. The summed E-state index contributed by atoms with van der Waals surface area (Å²) in [4.78, 5) is 11.1. The number of rotatable bonds is 5. The molecule has 1 aliphatic rings. The molecule has 0 aromatic carbocycles. The summed E-state index contributed by atoms with van der Waals surface area (Å²) < 4.78 is 5.39. The van der Waals surface area contributed by atoms with Gasteiger partial charge in [-0.3, -0.25) is 4.79 Å². The van der Waals surface area contributed by atoms with Crippen LogP contribution in [0.4, 0.5) is 0 Å². The molecular formula is C15H28O2. The van der Waals surface area contributed by atoms with E-state index < -0.39 is 0 Å². The van der Waals surface area contributed by atoms with Crippen LogP contribution in [0.1, 0.15) is 72.6 Å². The van der Waals surface area contributed by atoms with E-state index in [1.165, 1.54) is 39.0 Å². The standard InChI is InChI=1S/C15H28O2/c1-5-14(17-12(2)16)11-15(3,4)13-9-7-6-8-10-13/h13-14H,5-11H2,1-4H3. The van der Waals surface area contributed by atoms with Crippen molar-refractivity contribution in [2.45, 2.75) is 78.7 Å². The molecule has 17 heavy (non-hydrogen) atoms. The Labute approximate surface area is 106 Å². The zero-order chi connectivity index (χ0) is 12.9. The number of ether oxygens (including phenoxy) is 1. The monoisotopic (exact) mass is 240 g/mol. The summed E-state index contributed by atoms with van der Waals surface area (Å²) >= 11 is 0. The van der Waals surface area contributed by atoms with Gasteiger partial charge in [0.25, 0.3) is 0 Å². The first-order valence-corrected chi connectivity index (χ1v) is 7.13. The van der Waals surface area contributed by atoms with E-state index in [1.807, 2.05) is 0 Å². The SMILES string of the molecule is CCC(CC(C)(C)C1CCCCC1)OC(C)=O. The molecule has 1 unspecified atom stereocenters. The summed E-state index contributed by atoms with van der Waals surface area (Å²) in [6, 6.07) is 0. The molecule has 0 radical (unpaired) electrons. The Hall–Kier alpha value is -0.530. The van der Waals surface area contributed by atoms with Crippen LogP contribution in [-0.4, -0.2) is 12.1 Å². The van der Waals surface area contributed by atoms with Crippen LogP contribution < -0.4 is 0 Å². The molecule has 0 aliphatic heterocycles. The highest BCUT2D eigenvalue weighted by atomic mass is 16.5. The maximum absolute atomic E-state index is 11.1. The molecule has 2 heteroatoms. The van der Waals surface area contributed by atoms with Crippen molar-refractivity contribution in [1.29, 1.82) is 0 Å². The highest BCUT2D eigenvalue weighted by molar-refractivity contribution is 5.66. The van der Waals surface area contributed by atoms with Gasteiger partial charge in [-0.05, 0) is 37.0 Å². The lowest BCUT2D eigenvalue weighted by molar-refractivity contribution is -0.148. The minimum atomic E-state index is -0.142. The van der Waals surface area contributed by atoms with Gasteiger partial charge in [-0.25, -0.2) is 0 Å². The van der Waals surface area contributed by atoms with Crippen LogP contribution in [0, 0.1) is 11.3 Å². The molecule has 0 aromatic rings. The quantitative estimate of drug-likeness (QED) is 0.669. The van der Waals surface area contributed by atoms with Crippen molar-refractivity contribution >= 4 is 5.97 Å². The van der Waals surface area contributed by atoms with Crippen molar-refractivity contribution in [3.8, 4) is 0 Å². The Morgan fingerprint density at radius 2 is 1.88 bits per heavy atom. The second kappa shape index (κ2) is 6.42. The van der Waals surface area contributed by atoms with Crippen molar-refractivity contribution in [1.82, 2.24) is 0 Å². The third-order valence-electron chi connectivity index (χ3n) is 4.25. The van der Waals surface area contributed by atoms with E-state index in [-0.39, 0.29) is 12.1 Å². The van der Waals surface area contributed by atoms with Gasteiger partial charge < -0.3 is 4.74 Å². The molecule has 2 nitrogen and oxygen atoms in total. The molecule has 0 amide bonds. The minimum absolute atomic E-state index is 0.101. The van der Waals surface area contributed by atoms with Crippen molar-refractivity contribution in [2.75, 3.05) is 0 Å². The summed E-state index contributed by atoms with van der Waals surface area (Å²) in [6.45, 7) is 8.30. The van der Waals surface area contributed by atoms with Crippen LogP contribution in [-0.2, 0) is 9.53 Å². The Bertz CT molecular complexity index is 239. The van der Waals surface area contributed by atoms with Crippen LogP contribution in [0.2, 0.25) is 0 Å². The van der Waals surface area contributed by atoms with E-state index in [0.717, 1.165) is 18.8 Å². The third-order valence-corrected chi connectivity index (χ3v) is 4.25. The largest absolute Gasteiger partial charge is 0.463 e. The Morgan fingerprint density at radius 1 is 1.29 bits per heavy atom. The van der Waals surface area contributed by atoms with Crippen LogP contribution in [0.5, 0.6) is 0 Å². The summed E-state index contributed by atoms with van der Waals surface area (Å²) in [5, 5.41) is 0. The molecule has 1 rings (SSSR count). The molecule has 0 heterocycles. The van der Waals surface area contributed by atoms with Gasteiger partial charge in [0.15, 0.2) is 0 Å². The fraction of sp³-hybridized carbons (Fsp3) is 0.933. The van der Waals surface area contributed by atoms with E-state index >= 15 is 0 Å². The molecule has 1 fully saturated rings. The average molecular weight is 240 g/mol. The molecule has 0 bridgehead atoms. The van der Waals surface area contributed by atoms with E-state index in [0.29, 0.717) is 5.41 Å². The highest BCUT2D eigenvalue weighted by Gasteiger charge is 2.33. The molecule has 0 aromatic heterocycles. The maximum Gasteiger partial charge on any atom is 0.302 e. The Balaban J connectivity index is 2.52. The zero-order valence-corrected chi connectivity index (χ0v) is 11.9. The minimum Gasteiger partial charge on any atom is -0.463 e. The second-order valence-corrected chi connectivity index (χ2v) is 6.17. The molecular weight excluding hydrogens is 212 g/mol. The number of hydrogen-bond acceptors (Lipinski definition) is 2. The van der Waals surface area contributed by atoms with Gasteiger partial charge in [-0.2, -0.15) is 0 Å². The molecule has 1 saturated carbocycles. The average Bonchev–Trinajstić information content (AvgIpc) is 2.28. The van der Waals surface area contributed by atoms with Gasteiger partial charge >= 0.3 is 5.97 Å². The number of hydrogen-bond donors (Lipinski definition) is 0. The van der Waals surface area contributed by atoms with Gasteiger partial charge in [0.1, 0.15) is 6.10 Å². The third kappa shape index (κ3) is 4.69. The van der Waals surface area contributed by atoms with Gasteiger partial charge in [0.05, 0.1) is 0 Å². The van der Waals surface area contributed by atoms with Crippen LogP contribution in [0.25, 0.3) is 0 Å². The van der Waals surface area contributed by atoms with Crippen molar-refractivity contribution in [3.63, 3.8) is 0 Å². The Kier molecular flexibility index (Phi) is 5.48. The fourth-order valence-corrected chi connectivity index (χ4v) is 3.14. The Morgan fingerprint density at radius 3 is 2.35 bits per heavy atom. The normalized spacial score (nSPS) is 20.0. The fourth-order valence-electron chi connectivity index (χ4n) is 3.14. The smallest absolute Gasteiger partial charge is 0.302 e. The van der Waals surface area contributed by atoms with Crippen molar-refractivity contribution in [3.05, 3.63) is 0 Å². The van der Waals surface area contributed by atoms with Crippen LogP contribution in [0.15, 0.2) is 0 Å². The van der Waals surface area contributed by atoms with E-state index in [2.05, 4.69) is 20.8 Å². The number of esters is 1. The molecule has 1 aliphatic carbocycles. The number of carbonyl (C=O) groups excluding carboxylic acids is 1. The van der Waals surface area contributed by atoms with Crippen LogP contribution in [0.3, 0.4) is 0 Å². The first kappa shape index (κ1) is 14.5. The van der Waals surface area contributed by atoms with E-state index in [4.69, 9.17) is 4.74 Å². The highest BCUT2D eigenvalue weighted by Crippen LogP contribution is 2.41. The lowest BCUT2D eigenvalue weighted by Crippen LogP contribution is -2.32. The van der Waals surface area contributed by atoms with Crippen LogP contribution >= 0.6 is 0 Å². The molecule has 0 N–H and O–H groups in total. The lowest BCUT2D eigenvalue weighted by Gasteiger charge is -2.39. The molecule has 0 saturated heterocycles. The van der Waals surface area contributed by atoms with E-state index in [1.54, 1.807) is 0 Å². The summed E-state index contributed by atoms with van der Waals surface area (Å²) in [5.41, 5.74) is 0.302. The summed E-state index contributed by atoms with van der Waals surface area (Å²) in [5.74, 6) is 0.664. The van der Waals surface area contributed by atoms with Gasteiger partial charge in [0.2, 0.25) is 0 Å². The molecule has 100 valence electrons. The second-order valence-electron chi connectivity index (χ2n) is 6.17. The van der Waals surface area contributed by atoms with E-state index in [9.17, 15) is 4.79 Å². The van der Waals surface area contributed by atoms with Gasteiger partial charge in [0, 0.05) is 6.92 Å². The number of carbonyl (C=O) groups is 1. The zero-order valence-electron chi connectivity index (χ0n) is 11.9. The van der Waals surface area contributed by atoms with Crippen molar-refractivity contribution < 1.29 is 9.53 Å². The topological polar surface area (TPSA) is 26.3 Å². The molecule has 0 spiro atoms. The first-order valence-electron chi connectivity index (χ1n) is 7.13. The predicted molar refractivity (Wildman–Crippen MR) is 70.8 cm³/mol. The van der Waals surface area contributed by atoms with Crippen molar-refractivity contribution in [2.24, 2.45) is 11.3 Å². The molecule has 1 atom stereocenters. The first-order chi connectivity index (χ1) is 7.95. The lowest BCUT2D eigenvalue weighted by atomic mass is 9.68. The summed E-state index contributed by atoms with van der Waals surface area (Å²) in [6.07, 6.45) is 8.88. The van der Waals surface area contributed by atoms with Gasteiger partial charge in [-0.15, -0.1) is 0 Å². The summed E-state index contributed by atoms with van der Waals surface area (Å²) in [7, 11) is 0.